The van der Waals surface area contributed by atoms with E-state index in [9.17, 15) is 4.79 Å². The number of hydrogen-bond acceptors (Lipinski definition) is 5. The lowest BCUT2D eigenvalue weighted by atomic mass is 10.0. The number of carbonyl (C=O) groups is 1. The Morgan fingerprint density at radius 1 is 1.55 bits per heavy atom. The normalized spacial score (nSPS) is 21.0. The Kier molecular flexibility index (Phi) is 5.45. The van der Waals surface area contributed by atoms with Crippen LogP contribution in [-0.2, 0) is 4.74 Å². The lowest BCUT2D eigenvalue weighted by Gasteiger charge is -2.40. The predicted molar refractivity (Wildman–Crippen MR) is 89.1 cm³/mol. The molecule has 0 radical (unpaired) electrons. The Morgan fingerprint density at radius 2 is 2.27 bits per heavy atom. The molecule has 1 amide bonds. The second-order valence-corrected chi connectivity index (χ2v) is 7.86. The van der Waals surface area contributed by atoms with Crippen molar-refractivity contribution in [1.29, 1.82) is 0 Å². The van der Waals surface area contributed by atoms with Crippen molar-refractivity contribution in [2.24, 2.45) is 0 Å². The Balaban J connectivity index is 1.96. The summed E-state index contributed by atoms with van der Waals surface area (Å²) in [6.45, 7) is 9.40. The monoisotopic (exact) mass is 325 g/mol. The van der Waals surface area contributed by atoms with Crippen LogP contribution in [0.2, 0.25) is 0 Å². The third kappa shape index (κ3) is 4.43. The summed E-state index contributed by atoms with van der Waals surface area (Å²) in [4.78, 5) is 20.8. The molecule has 1 aliphatic rings. The largest absolute Gasteiger partial charge is 0.444 e. The fourth-order valence-electron chi connectivity index (χ4n) is 2.71. The van der Waals surface area contributed by atoms with Gasteiger partial charge in [0.05, 0.1) is 6.04 Å². The van der Waals surface area contributed by atoms with E-state index < -0.39 is 5.60 Å². The summed E-state index contributed by atoms with van der Waals surface area (Å²) in [6, 6.07) is 0.615. The SMILES string of the molecule is C[C@H](c1nccs1)N(C)[C@H]1CCCN(C(=O)OC(C)(C)C)C1. The Hall–Kier alpha value is -1.14. The van der Waals surface area contributed by atoms with Crippen molar-refractivity contribution in [3.63, 3.8) is 0 Å². The maximum Gasteiger partial charge on any atom is 0.410 e. The van der Waals surface area contributed by atoms with Gasteiger partial charge in [-0.25, -0.2) is 9.78 Å². The molecule has 6 heteroatoms. The number of amides is 1. The first kappa shape index (κ1) is 17.2. The third-order valence-electron chi connectivity index (χ3n) is 4.04. The van der Waals surface area contributed by atoms with Gasteiger partial charge in [-0.2, -0.15) is 0 Å². The highest BCUT2D eigenvalue weighted by Crippen LogP contribution is 2.26. The van der Waals surface area contributed by atoms with Crippen molar-refractivity contribution in [1.82, 2.24) is 14.8 Å². The minimum atomic E-state index is -0.440. The minimum absolute atomic E-state index is 0.201. The Morgan fingerprint density at radius 3 is 2.86 bits per heavy atom. The Labute approximate surface area is 137 Å². The van der Waals surface area contributed by atoms with Gasteiger partial charge in [0.25, 0.3) is 0 Å². The quantitative estimate of drug-likeness (QED) is 0.853. The van der Waals surface area contributed by atoms with Gasteiger partial charge in [0.2, 0.25) is 0 Å². The van der Waals surface area contributed by atoms with Crippen LogP contribution in [0.1, 0.15) is 51.6 Å². The van der Waals surface area contributed by atoms with Crippen molar-refractivity contribution in [3.05, 3.63) is 16.6 Å². The average Bonchev–Trinajstić information content (AvgIpc) is 2.98. The van der Waals surface area contributed by atoms with Crippen LogP contribution in [0.15, 0.2) is 11.6 Å². The van der Waals surface area contributed by atoms with Gasteiger partial charge in [-0.05, 0) is 47.6 Å². The highest BCUT2D eigenvalue weighted by atomic mass is 32.1. The number of likely N-dealkylation sites (tertiary alicyclic amines) is 1. The number of hydrogen-bond donors (Lipinski definition) is 0. The predicted octanol–water partition coefficient (Wildman–Crippen LogP) is 3.54. The number of thiazole rings is 1. The van der Waals surface area contributed by atoms with E-state index >= 15 is 0 Å². The molecule has 1 fully saturated rings. The number of aromatic nitrogens is 1. The van der Waals surface area contributed by atoms with Crippen LogP contribution in [0.5, 0.6) is 0 Å². The van der Waals surface area contributed by atoms with Crippen LogP contribution >= 0.6 is 11.3 Å². The van der Waals surface area contributed by atoms with Gasteiger partial charge in [0.15, 0.2) is 0 Å². The number of rotatable bonds is 3. The van der Waals surface area contributed by atoms with E-state index in [1.165, 1.54) is 0 Å². The zero-order chi connectivity index (χ0) is 16.3. The van der Waals surface area contributed by atoms with Crippen molar-refractivity contribution < 1.29 is 9.53 Å². The van der Waals surface area contributed by atoms with Gasteiger partial charge in [-0.15, -0.1) is 11.3 Å². The Bertz CT molecular complexity index is 484. The van der Waals surface area contributed by atoms with Crippen LogP contribution in [0.3, 0.4) is 0 Å². The van der Waals surface area contributed by atoms with Crippen molar-refractivity contribution in [3.8, 4) is 0 Å². The number of ether oxygens (including phenoxy) is 1. The van der Waals surface area contributed by atoms with E-state index in [1.54, 1.807) is 11.3 Å². The minimum Gasteiger partial charge on any atom is -0.444 e. The summed E-state index contributed by atoms with van der Waals surface area (Å²) in [5.41, 5.74) is -0.440. The lowest BCUT2D eigenvalue weighted by Crippen LogP contribution is -2.50. The van der Waals surface area contributed by atoms with Gasteiger partial charge in [0.1, 0.15) is 10.6 Å². The van der Waals surface area contributed by atoms with Crippen LogP contribution in [0.25, 0.3) is 0 Å². The van der Waals surface area contributed by atoms with Crippen molar-refractivity contribution in [2.75, 3.05) is 20.1 Å². The molecule has 2 rings (SSSR count). The molecule has 2 atom stereocenters. The van der Waals surface area contributed by atoms with E-state index in [1.807, 2.05) is 37.2 Å². The molecule has 2 heterocycles. The van der Waals surface area contributed by atoms with Gasteiger partial charge < -0.3 is 9.64 Å². The molecule has 0 saturated carbocycles. The van der Waals surface area contributed by atoms with Gasteiger partial charge in [0, 0.05) is 30.7 Å². The van der Waals surface area contributed by atoms with E-state index in [0.717, 1.165) is 30.9 Å². The molecule has 5 nitrogen and oxygen atoms in total. The first-order valence-corrected chi connectivity index (χ1v) is 8.75. The number of likely N-dealkylation sites (N-methyl/N-ethyl adjacent to an activating group) is 1. The third-order valence-corrected chi connectivity index (χ3v) is 4.99. The smallest absolute Gasteiger partial charge is 0.410 e. The van der Waals surface area contributed by atoms with E-state index in [2.05, 4.69) is 23.9 Å². The summed E-state index contributed by atoms with van der Waals surface area (Å²) < 4.78 is 5.50. The number of nitrogens with zero attached hydrogens (tertiary/aromatic N) is 3. The van der Waals surface area contributed by atoms with E-state index in [4.69, 9.17) is 4.74 Å². The van der Waals surface area contributed by atoms with Gasteiger partial charge in [-0.1, -0.05) is 0 Å². The highest BCUT2D eigenvalue weighted by Gasteiger charge is 2.31. The molecular formula is C16H27N3O2S. The standard InChI is InChI=1S/C16H27N3O2S/c1-12(14-17-8-10-22-14)18(5)13-7-6-9-19(11-13)15(20)21-16(2,3)4/h8,10,12-13H,6-7,9,11H2,1-5H3/t12-,13+/m1/s1. The van der Waals surface area contributed by atoms with Gasteiger partial charge >= 0.3 is 6.09 Å². The fourth-order valence-corrected chi connectivity index (χ4v) is 3.46. The molecule has 0 unspecified atom stereocenters. The van der Waals surface area contributed by atoms with E-state index in [-0.39, 0.29) is 12.1 Å². The summed E-state index contributed by atoms with van der Waals surface area (Å²) in [5.74, 6) is 0. The van der Waals surface area contributed by atoms with Crippen LogP contribution < -0.4 is 0 Å². The molecule has 22 heavy (non-hydrogen) atoms. The first-order chi connectivity index (χ1) is 10.3. The van der Waals surface area contributed by atoms with Crippen LogP contribution in [0.4, 0.5) is 4.79 Å². The fraction of sp³-hybridized carbons (Fsp3) is 0.750. The maximum atomic E-state index is 12.3. The molecular weight excluding hydrogens is 298 g/mol. The topological polar surface area (TPSA) is 45.7 Å². The summed E-state index contributed by atoms with van der Waals surface area (Å²) in [5, 5.41) is 3.13. The van der Waals surface area contributed by atoms with Crippen molar-refractivity contribution in [2.45, 2.75) is 58.2 Å². The summed E-state index contributed by atoms with van der Waals surface area (Å²) in [6.07, 6.45) is 3.76. The maximum absolute atomic E-state index is 12.3. The molecule has 0 bridgehead atoms. The second-order valence-electron chi connectivity index (χ2n) is 6.93. The summed E-state index contributed by atoms with van der Waals surface area (Å²) in [7, 11) is 2.12. The number of piperidine rings is 1. The highest BCUT2D eigenvalue weighted by molar-refractivity contribution is 7.09. The molecule has 1 aromatic rings. The first-order valence-electron chi connectivity index (χ1n) is 7.87. The van der Waals surface area contributed by atoms with E-state index in [0.29, 0.717) is 6.04 Å². The van der Waals surface area contributed by atoms with Gasteiger partial charge in [-0.3, -0.25) is 4.90 Å². The number of carbonyl (C=O) groups excluding carboxylic acids is 1. The molecule has 0 N–H and O–H groups in total. The van der Waals surface area contributed by atoms with Crippen LogP contribution in [-0.4, -0.2) is 52.7 Å². The zero-order valence-corrected chi connectivity index (χ0v) is 15.0. The zero-order valence-electron chi connectivity index (χ0n) is 14.2. The second kappa shape index (κ2) is 6.96. The molecule has 1 aromatic heterocycles. The molecule has 0 aromatic carbocycles. The van der Waals surface area contributed by atoms with Crippen molar-refractivity contribution >= 4 is 17.4 Å². The molecule has 1 aliphatic heterocycles. The molecule has 0 spiro atoms. The summed E-state index contributed by atoms with van der Waals surface area (Å²) >= 11 is 1.68. The lowest BCUT2D eigenvalue weighted by molar-refractivity contribution is 0.00972. The molecule has 0 aliphatic carbocycles. The van der Waals surface area contributed by atoms with Crippen LogP contribution in [0, 0.1) is 0 Å². The average molecular weight is 325 g/mol. The molecule has 124 valence electrons. The molecule has 1 saturated heterocycles.